The molecule has 1 nitrogen and oxygen atoms in total. The summed E-state index contributed by atoms with van der Waals surface area (Å²) in [7, 11) is 0. The fourth-order valence-corrected chi connectivity index (χ4v) is 3.66. The molecule has 1 unspecified atom stereocenters. The van der Waals surface area contributed by atoms with E-state index < -0.39 is 17.6 Å². The minimum atomic E-state index is -4.53. The summed E-state index contributed by atoms with van der Waals surface area (Å²) in [5, 5.41) is 0. The molecule has 0 fully saturated rings. The van der Waals surface area contributed by atoms with Gasteiger partial charge in [-0.25, -0.2) is 4.39 Å². The fourth-order valence-electron chi connectivity index (χ4n) is 3.66. The van der Waals surface area contributed by atoms with E-state index in [-0.39, 0.29) is 17.2 Å². The number of aryl methyl sites for hydroxylation is 1. The molecule has 3 aromatic rings. The monoisotopic (exact) mass is 386 g/mol. The van der Waals surface area contributed by atoms with E-state index in [4.69, 9.17) is 4.74 Å². The summed E-state index contributed by atoms with van der Waals surface area (Å²) in [5.74, 6) is -0.222. The zero-order chi connectivity index (χ0) is 19.9. The molecular weight excluding hydrogens is 368 g/mol. The zero-order valence-corrected chi connectivity index (χ0v) is 15.2. The maximum atomic E-state index is 14.2. The molecule has 1 heterocycles. The lowest BCUT2D eigenvalue weighted by atomic mass is 9.95. The van der Waals surface area contributed by atoms with Crippen LogP contribution in [-0.2, 0) is 19.0 Å². The van der Waals surface area contributed by atoms with Gasteiger partial charge in [0.2, 0.25) is 0 Å². The van der Waals surface area contributed by atoms with Gasteiger partial charge in [-0.1, -0.05) is 48.0 Å². The highest BCUT2D eigenvalue weighted by molar-refractivity contribution is 5.76. The Labute approximate surface area is 160 Å². The van der Waals surface area contributed by atoms with Crippen molar-refractivity contribution in [3.63, 3.8) is 0 Å². The standard InChI is InChI=1S/C23H18F4O/c1-14-6-8-15(9-7-14)10-18-12-16-11-17(24)13-20(22(16)28-18)19-4-2-3-5-21(19)23(25,26)27/h2-9,11,13,18H,10,12H2,1H3. The molecule has 0 spiro atoms. The van der Waals surface area contributed by atoms with Gasteiger partial charge in [0.05, 0.1) is 5.56 Å². The van der Waals surface area contributed by atoms with Crippen molar-refractivity contribution in [2.24, 2.45) is 0 Å². The van der Waals surface area contributed by atoms with Gasteiger partial charge in [-0.2, -0.15) is 13.2 Å². The number of hydrogen-bond acceptors (Lipinski definition) is 1. The third kappa shape index (κ3) is 3.61. The Morgan fingerprint density at radius 3 is 2.39 bits per heavy atom. The number of hydrogen-bond donors (Lipinski definition) is 0. The lowest BCUT2D eigenvalue weighted by molar-refractivity contribution is -0.137. The highest BCUT2D eigenvalue weighted by atomic mass is 19.4. The molecule has 0 saturated carbocycles. The van der Waals surface area contributed by atoms with Gasteiger partial charge < -0.3 is 4.74 Å². The van der Waals surface area contributed by atoms with Gasteiger partial charge in [0.15, 0.2) is 0 Å². The van der Waals surface area contributed by atoms with Gasteiger partial charge in [-0.3, -0.25) is 0 Å². The maximum absolute atomic E-state index is 14.2. The molecule has 0 radical (unpaired) electrons. The molecule has 4 rings (SSSR count). The average Bonchev–Trinajstić information content (AvgIpc) is 3.04. The first-order valence-corrected chi connectivity index (χ1v) is 9.02. The average molecular weight is 386 g/mol. The van der Waals surface area contributed by atoms with Crippen LogP contribution in [-0.4, -0.2) is 6.10 Å². The molecule has 0 aliphatic carbocycles. The van der Waals surface area contributed by atoms with E-state index in [1.54, 1.807) is 0 Å². The van der Waals surface area contributed by atoms with Crippen LogP contribution in [0.1, 0.15) is 22.3 Å². The van der Waals surface area contributed by atoms with E-state index in [0.717, 1.165) is 23.3 Å². The summed E-state index contributed by atoms with van der Waals surface area (Å²) in [6, 6.07) is 15.7. The number of fused-ring (bicyclic) bond motifs is 1. The van der Waals surface area contributed by atoms with Crippen LogP contribution in [0.5, 0.6) is 5.75 Å². The summed E-state index contributed by atoms with van der Waals surface area (Å²) in [5.41, 5.74) is 2.10. The van der Waals surface area contributed by atoms with Crippen LogP contribution in [0.2, 0.25) is 0 Å². The van der Waals surface area contributed by atoms with Crippen molar-refractivity contribution in [2.45, 2.75) is 32.0 Å². The molecule has 1 aliphatic rings. The maximum Gasteiger partial charge on any atom is 0.417 e. The minimum absolute atomic E-state index is 0.0678. The van der Waals surface area contributed by atoms with Gasteiger partial charge in [-0.05, 0) is 36.2 Å². The number of ether oxygens (including phenoxy) is 1. The molecule has 0 bridgehead atoms. The second kappa shape index (κ2) is 6.97. The van der Waals surface area contributed by atoms with E-state index in [1.165, 1.54) is 24.3 Å². The first-order valence-electron chi connectivity index (χ1n) is 9.02. The summed E-state index contributed by atoms with van der Waals surface area (Å²) in [4.78, 5) is 0. The van der Waals surface area contributed by atoms with Crippen molar-refractivity contribution in [1.82, 2.24) is 0 Å². The van der Waals surface area contributed by atoms with E-state index >= 15 is 0 Å². The van der Waals surface area contributed by atoms with Crippen molar-refractivity contribution >= 4 is 0 Å². The molecule has 1 atom stereocenters. The summed E-state index contributed by atoms with van der Waals surface area (Å²) in [6.45, 7) is 2.00. The predicted molar refractivity (Wildman–Crippen MR) is 99.8 cm³/mol. The zero-order valence-electron chi connectivity index (χ0n) is 15.2. The lowest BCUT2D eigenvalue weighted by Gasteiger charge is -2.16. The Hall–Kier alpha value is -2.82. The molecule has 3 aromatic carbocycles. The Morgan fingerprint density at radius 1 is 0.964 bits per heavy atom. The Balaban J connectivity index is 1.70. The fraction of sp³-hybridized carbons (Fsp3) is 0.217. The van der Waals surface area contributed by atoms with Crippen LogP contribution in [0.3, 0.4) is 0 Å². The van der Waals surface area contributed by atoms with Crippen molar-refractivity contribution in [1.29, 1.82) is 0 Å². The molecule has 0 saturated heterocycles. The van der Waals surface area contributed by atoms with Crippen molar-refractivity contribution in [3.8, 4) is 16.9 Å². The number of benzene rings is 3. The number of halogens is 4. The minimum Gasteiger partial charge on any atom is -0.489 e. The van der Waals surface area contributed by atoms with E-state index in [0.29, 0.717) is 24.2 Å². The number of alkyl halides is 3. The third-order valence-electron chi connectivity index (χ3n) is 4.97. The van der Waals surface area contributed by atoms with Crippen LogP contribution in [0.25, 0.3) is 11.1 Å². The normalized spacial score (nSPS) is 16.0. The second-order valence-corrected chi connectivity index (χ2v) is 7.12. The van der Waals surface area contributed by atoms with Gasteiger partial charge in [0.1, 0.15) is 17.7 Å². The molecule has 28 heavy (non-hydrogen) atoms. The van der Waals surface area contributed by atoms with Crippen LogP contribution < -0.4 is 4.74 Å². The lowest BCUT2D eigenvalue weighted by Crippen LogP contribution is -2.16. The molecule has 1 aliphatic heterocycles. The summed E-state index contributed by atoms with van der Waals surface area (Å²) < 4.78 is 60.6. The highest BCUT2D eigenvalue weighted by Gasteiger charge is 2.35. The Morgan fingerprint density at radius 2 is 1.68 bits per heavy atom. The first-order chi connectivity index (χ1) is 13.3. The first kappa shape index (κ1) is 18.5. The molecule has 0 amide bonds. The van der Waals surface area contributed by atoms with Gasteiger partial charge in [0.25, 0.3) is 0 Å². The molecule has 144 valence electrons. The summed E-state index contributed by atoms with van der Waals surface area (Å²) in [6.07, 6.45) is -3.70. The molecular formula is C23H18F4O. The van der Waals surface area contributed by atoms with E-state index in [2.05, 4.69) is 0 Å². The quantitative estimate of drug-likeness (QED) is 0.476. The number of rotatable bonds is 3. The molecule has 0 N–H and O–H groups in total. The largest absolute Gasteiger partial charge is 0.489 e. The van der Waals surface area contributed by atoms with Crippen LogP contribution in [0.15, 0.2) is 60.7 Å². The topological polar surface area (TPSA) is 9.23 Å². The Kier molecular flexibility index (Phi) is 4.61. The predicted octanol–water partition coefficient (Wildman–Crippen LogP) is 6.37. The third-order valence-corrected chi connectivity index (χ3v) is 4.97. The van der Waals surface area contributed by atoms with Crippen LogP contribution >= 0.6 is 0 Å². The van der Waals surface area contributed by atoms with Gasteiger partial charge >= 0.3 is 6.18 Å². The van der Waals surface area contributed by atoms with Crippen molar-refractivity contribution in [3.05, 3.63) is 88.7 Å². The van der Waals surface area contributed by atoms with Crippen molar-refractivity contribution in [2.75, 3.05) is 0 Å². The Bertz CT molecular complexity index is 1010. The van der Waals surface area contributed by atoms with Crippen molar-refractivity contribution < 1.29 is 22.3 Å². The van der Waals surface area contributed by atoms with Crippen LogP contribution in [0.4, 0.5) is 17.6 Å². The van der Waals surface area contributed by atoms with Crippen LogP contribution in [0, 0.1) is 12.7 Å². The van der Waals surface area contributed by atoms with Gasteiger partial charge in [-0.15, -0.1) is 0 Å². The summed E-state index contributed by atoms with van der Waals surface area (Å²) >= 11 is 0. The second-order valence-electron chi connectivity index (χ2n) is 7.12. The van der Waals surface area contributed by atoms with E-state index in [9.17, 15) is 17.6 Å². The highest BCUT2D eigenvalue weighted by Crippen LogP contribution is 2.44. The SMILES string of the molecule is Cc1ccc(CC2Cc3cc(F)cc(-c4ccccc4C(F)(F)F)c3O2)cc1. The smallest absolute Gasteiger partial charge is 0.417 e. The van der Waals surface area contributed by atoms with E-state index in [1.807, 2.05) is 31.2 Å². The molecule has 5 heteroatoms. The molecule has 0 aromatic heterocycles. The van der Waals surface area contributed by atoms with Gasteiger partial charge in [0, 0.05) is 24.0 Å².